The summed E-state index contributed by atoms with van der Waals surface area (Å²) in [6.45, 7) is 0.268. The molecule has 0 aliphatic heterocycles. The van der Waals surface area contributed by atoms with E-state index in [1.807, 2.05) is 0 Å². The molecule has 8 heteroatoms. The molecule has 0 saturated carbocycles. The number of halogens is 1. The van der Waals surface area contributed by atoms with Crippen LogP contribution in [0.3, 0.4) is 0 Å². The van der Waals surface area contributed by atoms with Crippen molar-refractivity contribution in [2.75, 3.05) is 11.9 Å². The molecule has 0 spiro atoms. The highest BCUT2D eigenvalue weighted by Crippen LogP contribution is 2.29. The van der Waals surface area contributed by atoms with Crippen molar-refractivity contribution in [2.45, 2.75) is 6.54 Å². The Hall–Kier alpha value is -2.90. The summed E-state index contributed by atoms with van der Waals surface area (Å²) in [6.07, 6.45) is 2.93. The van der Waals surface area contributed by atoms with Crippen LogP contribution in [0.2, 0.25) is 0 Å². The average Bonchev–Trinajstić information content (AvgIpc) is 2.90. The fourth-order valence-corrected chi connectivity index (χ4v) is 1.91. The van der Waals surface area contributed by atoms with Crippen molar-refractivity contribution in [3.8, 4) is 0 Å². The Bertz CT molecular complexity index is 684. The number of carboxylic acids is 1. The highest BCUT2D eigenvalue weighted by atomic mass is 19.1. The third kappa shape index (κ3) is 2.99. The van der Waals surface area contributed by atoms with Gasteiger partial charge in [0.1, 0.15) is 5.56 Å². The van der Waals surface area contributed by atoms with Gasteiger partial charge in [-0.3, -0.25) is 10.1 Å². The molecule has 2 aromatic rings. The average molecular weight is 294 g/mol. The Morgan fingerprint density at radius 3 is 2.76 bits per heavy atom. The first-order chi connectivity index (χ1) is 9.90. The Balaban J connectivity index is 2.41. The summed E-state index contributed by atoms with van der Waals surface area (Å²) in [7, 11) is 1.54. The van der Waals surface area contributed by atoms with Crippen LogP contribution in [0.25, 0.3) is 0 Å². The lowest BCUT2D eigenvalue weighted by Gasteiger charge is -2.19. The number of carbonyl (C=O) groups is 1. The molecule has 0 unspecified atom stereocenters. The number of benzene rings is 1. The predicted molar refractivity (Wildman–Crippen MR) is 70.8 cm³/mol. The second kappa shape index (κ2) is 5.61. The summed E-state index contributed by atoms with van der Waals surface area (Å²) in [5.74, 6) is -2.35. The molecule has 0 atom stereocenters. The molecule has 1 heterocycles. The molecule has 0 bridgehead atoms. The number of hydrogen-bond acceptors (Lipinski definition) is 5. The predicted octanol–water partition coefficient (Wildman–Crippen LogP) is 2.66. The van der Waals surface area contributed by atoms with E-state index in [0.29, 0.717) is 6.07 Å². The Morgan fingerprint density at radius 2 is 2.24 bits per heavy atom. The van der Waals surface area contributed by atoms with Crippen LogP contribution in [0, 0.1) is 15.9 Å². The molecule has 0 amide bonds. The van der Waals surface area contributed by atoms with Crippen LogP contribution < -0.4 is 4.90 Å². The zero-order valence-electron chi connectivity index (χ0n) is 10.9. The quantitative estimate of drug-likeness (QED) is 0.672. The lowest BCUT2D eigenvalue weighted by atomic mass is 10.1. The molecule has 110 valence electrons. The molecular weight excluding hydrogens is 283 g/mol. The number of furan rings is 1. The van der Waals surface area contributed by atoms with E-state index < -0.39 is 28.0 Å². The van der Waals surface area contributed by atoms with Crippen LogP contribution in [0.4, 0.5) is 15.8 Å². The van der Waals surface area contributed by atoms with Gasteiger partial charge in [-0.1, -0.05) is 0 Å². The van der Waals surface area contributed by atoms with Gasteiger partial charge in [0.25, 0.3) is 5.69 Å². The van der Waals surface area contributed by atoms with Crippen molar-refractivity contribution in [1.29, 1.82) is 0 Å². The molecule has 0 aliphatic rings. The van der Waals surface area contributed by atoms with Crippen LogP contribution in [0.5, 0.6) is 0 Å². The highest BCUT2D eigenvalue weighted by molar-refractivity contribution is 5.93. The van der Waals surface area contributed by atoms with Gasteiger partial charge >= 0.3 is 5.97 Å². The smallest absolute Gasteiger partial charge is 0.342 e. The summed E-state index contributed by atoms with van der Waals surface area (Å²) in [5.41, 5.74) is -0.623. The minimum Gasteiger partial charge on any atom is -0.477 e. The van der Waals surface area contributed by atoms with E-state index in [2.05, 4.69) is 0 Å². The number of nitro groups is 1. The monoisotopic (exact) mass is 294 g/mol. The van der Waals surface area contributed by atoms with Gasteiger partial charge in [0.05, 0.1) is 29.2 Å². The molecule has 1 aromatic carbocycles. The first kappa shape index (κ1) is 14.5. The molecule has 21 heavy (non-hydrogen) atoms. The molecule has 1 N–H and O–H groups in total. The van der Waals surface area contributed by atoms with Gasteiger partial charge in [-0.25, -0.2) is 9.18 Å². The first-order valence-electron chi connectivity index (χ1n) is 5.83. The van der Waals surface area contributed by atoms with Crippen molar-refractivity contribution in [1.82, 2.24) is 0 Å². The van der Waals surface area contributed by atoms with E-state index >= 15 is 0 Å². The Labute approximate surface area is 118 Å². The molecule has 0 aliphatic carbocycles. The largest absolute Gasteiger partial charge is 0.477 e. The van der Waals surface area contributed by atoms with E-state index in [1.165, 1.54) is 17.4 Å². The summed E-state index contributed by atoms with van der Waals surface area (Å²) < 4.78 is 18.9. The molecule has 7 nitrogen and oxygen atoms in total. The fraction of sp³-hybridized carbons (Fsp3) is 0.154. The van der Waals surface area contributed by atoms with Gasteiger partial charge < -0.3 is 14.4 Å². The van der Waals surface area contributed by atoms with Crippen molar-refractivity contribution < 1.29 is 23.6 Å². The lowest BCUT2D eigenvalue weighted by molar-refractivity contribution is -0.385. The lowest BCUT2D eigenvalue weighted by Crippen LogP contribution is -2.18. The van der Waals surface area contributed by atoms with Gasteiger partial charge in [0.15, 0.2) is 5.82 Å². The molecular formula is C13H11FN2O5. The van der Waals surface area contributed by atoms with Gasteiger partial charge in [-0.2, -0.15) is 0 Å². The van der Waals surface area contributed by atoms with Crippen LogP contribution in [-0.4, -0.2) is 23.0 Å². The molecule has 2 rings (SSSR count). The van der Waals surface area contributed by atoms with Gasteiger partial charge in [-0.15, -0.1) is 0 Å². The third-order valence-corrected chi connectivity index (χ3v) is 2.90. The van der Waals surface area contributed by atoms with Gasteiger partial charge in [0, 0.05) is 19.2 Å². The van der Waals surface area contributed by atoms with E-state index in [0.717, 1.165) is 11.6 Å². The number of carboxylic acid groups (broad SMARTS) is 1. The molecule has 0 radical (unpaired) electrons. The number of aromatic carboxylic acids is 1. The van der Waals surface area contributed by atoms with E-state index in [9.17, 15) is 19.3 Å². The van der Waals surface area contributed by atoms with Crippen LogP contribution >= 0.6 is 0 Å². The maximum Gasteiger partial charge on any atom is 0.342 e. The standard InChI is InChI=1S/C13H11FN2O5/c1-15(6-8-2-3-21-7-8)12-4-9(13(17)18)11(16(19)20)5-10(12)14/h2-5,7H,6H2,1H3,(H,17,18). The van der Waals surface area contributed by atoms with Gasteiger partial charge in [0.2, 0.25) is 0 Å². The fourth-order valence-electron chi connectivity index (χ4n) is 1.91. The molecule has 0 fully saturated rings. The van der Waals surface area contributed by atoms with Crippen molar-refractivity contribution in [3.63, 3.8) is 0 Å². The normalized spacial score (nSPS) is 10.4. The van der Waals surface area contributed by atoms with Crippen LogP contribution in [-0.2, 0) is 6.54 Å². The van der Waals surface area contributed by atoms with E-state index in [1.54, 1.807) is 13.1 Å². The molecule has 1 aromatic heterocycles. The topological polar surface area (TPSA) is 96.8 Å². The third-order valence-electron chi connectivity index (χ3n) is 2.90. The van der Waals surface area contributed by atoms with Crippen molar-refractivity contribution in [2.24, 2.45) is 0 Å². The summed E-state index contributed by atoms with van der Waals surface area (Å²) >= 11 is 0. The Morgan fingerprint density at radius 1 is 1.52 bits per heavy atom. The number of anilines is 1. The maximum absolute atomic E-state index is 14.0. The second-order valence-corrected chi connectivity index (χ2v) is 4.37. The van der Waals surface area contributed by atoms with Crippen molar-refractivity contribution >= 4 is 17.3 Å². The minimum absolute atomic E-state index is 0.0424. The van der Waals surface area contributed by atoms with E-state index in [4.69, 9.17) is 9.52 Å². The zero-order valence-corrected chi connectivity index (χ0v) is 10.9. The summed E-state index contributed by atoms with van der Waals surface area (Å²) in [4.78, 5) is 22.4. The van der Waals surface area contributed by atoms with Crippen LogP contribution in [0.1, 0.15) is 15.9 Å². The summed E-state index contributed by atoms with van der Waals surface area (Å²) in [6, 6.07) is 3.25. The summed E-state index contributed by atoms with van der Waals surface area (Å²) in [5, 5.41) is 19.8. The van der Waals surface area contributed by atoms with E-state index in [-0.39, 0.29) is 12.2 Å². The first-order valence-corrected chi connectivity index (χ1v) is 5.83. The van der Waals surface area contributed by atoms with Crippen LogP contribution in [0.15, 0.2) is 35.1 Å². The minimum atomic E-state index is -1.49. The zero-order chi connectivity index (χ0) is 15.6. The SMILES string of the molecule is CN(Cc1ccoc1)c1cc(C(=O)O)c([N+](=O)[O-])cc1F. The number of nitrogens with zero attached hydrogens (tertiary/aromatic N) is 2. The van der Waals surface area contributed by atoms with Gasteiger partial charge in [-0.05, 0) is 12.1 Å². The number of hydrogen-bond donors (Lipinski definition) is 1. The second-order valence-electron chi connectivity index (χ2n) is 4.37. The molecule has 0 saturated heterocycles. The van der Waals surface area contributed by atoms with Crippen molar-refractivity contribution in [3.05, 3.63) is 57.8 Å². The highest BCUT2D eigenvalue weighted by Gasteiger charge is 2.24. The number of rotatable bonds is 5. The number of nitro benzene ring substituents is 1. The Kier molecular flexibility index (Phi) is 3.88. The maximum atomic E-state index is 14.0.